The Hall–Kier alpha value is -2.67. The second kappa shape index (κ2) is 8.14. The molecule has 1 atom stereocenters. The van der Waals surface area contributed by atoms with Gasteiger partial charge in [0.25, 0.3) is 5.91 Å². The molecule has 0 radical (unpaired) electrons. The number of esters is 1. The Labute approximate surface area is 155 Å². The molecule has 2 heterocycles. The van der Waals surface area contributed by atoms with Crippen molar-refractivity contribution in [1.29, 1.82) is 0 Å². The zero-order valence-corrected chi connectivity index (χ0v) is 15.0. The zero-order valence-electron chi connectivity index (χ0n) is 14.2. The van der Waals surface area contributed by atoms with Gasteiger partial charge in [-0.05, 0) is 25.0 Å². The van der Waals surface area contributed by atoms with E-state index in [0.717, 1.165) is 12.8 Å². The predicted molar refractivity (Wildman–Crippen MR) is 94.4 cm³/mol. The van der Waals surface area contributed by atoms with E-state index in [9.17, 15) is 9.59 Å². The lowest BCUT2D eigenvalue weighted by Crippen LogP contribution is -2.44. The van der Waals surface area contributed by atoms with Gasteiger partial charge in [-0.15, -0.1) is 0 Å². The first kappa shape index (κ1) is 18.1. The average Bonchev–Trinajstić information content (AvgIpc) is 2.69. The third kappa shape index (κ3) is 4.11. The van der Waals surface area contributed by atoms with E-state index in [0.29, 0.717) is 23.7 Å². The second-order valence-corrected chi connectivity index (χ2v) is 6.29. The van der Waals surface area contributed by atoms with E-state index in [1.807, 2.05) is 0 Å². The molecular weight excluding hydrogens is 358 g/mol. The Kier molecular flexibility index (Phi) is 5.68. The molecule has 3 rings (SSSR count). The average molecular weight is 376 g/mol. The quantitative estimate of drug-likeness (QED) is 0.764. The maximum Gasteiger partial charge on any atom is 0.338 e. The Morgan fingerprint density at radius 3 is 2.58 bits per heavy atom. The highest BCUT2D eigenvalue weighted by molar-refractivity contribution is 6.30. The van der Waals surface area contributed by atoms with Crippen molar-refractivity contribution in [2.75, 3.05) is 20.2 Å². The molecule has 2 aromatic rings. The fraction of sp³-hybridized carbons (Fsp3) is 0.333. The predicted octanol–water partition coefficient (Wildman–Crippen LogP) is 2.60. The summed E-state index contributed by atoms with van der Waals surface area (Å²) < 4.78 is 10.5. The number of benzene rings is 1. The smallest absolute Gasteiger partial charge is 0.338 e. The van der Waals surface area contributed by atoms with E-state index in [4.69, 9.17) is 21.1 Å². The highest BCUT2D eigenvalue weighted by atomic mass is 35.5. The Morgan fingerprint density at radius 2 is 1.88 bits per heavy atom. The number of likely N-dealkylation sites (tertiary alicyclic amines) is 1. The lowest BCUT2D eigenvalue weighted by molar-refractivity contribution is 0.0502. The van der Waals surface area contributed by atoms with Crippen LogP contribution >= 0.6 is 11.6 Å². The number of carbonyl (C=O) groups excluding carboxylic acids is 2. The third-order valence-corrected chi connectivity index (χ3v) is 4.29. The van der Waals surface area contributed by atoms with Crippen molar-refractivity contribution in [2.24, 2.45) is 0 Å². The molecule has 8 heteroatoms. The van der Waals surface area contributed by atoms with Crippen molar-refractivity contribution in [3.05, 3.63) is 52.8 Å². The molecule has 1 aromatic heterocycles. The van der Waals surface area contributed by atoms with Crippen LogP contribution in [0.3, 0.4) is 0 Å². The summed E-state index contributed by atoms with van der Waals surface area (Å²) in [5, 5.41) is 0.428. The van der Waals surface area contributed by atoms with Gasteiger partial charge in [0.15, 0.2) is 0 Å². The fourth-order valence-electron chi connectivity index (χ4n) is 2.86. The van der Waals surface area contributed by atoms with Crippen molar-refractivity contribution in [3.8, 4) is 6.01 Å². The van der Waals surface area contributed by atoms with E-state index < -0.39 is 5.97 Å². The Morgan fingerprint density at radius 1 is 1.19 bits per heavy atom. The number of amides is 1. The molecule has 1 amide bonds. The van der Waals surface area contributed by atoms with Gasteiger partial charge < -0.3 is 14.4 Å². The molecular formula is C18H18ClN3O4. The molecule has 26 heavy (non-hydrogen) atoms. The van der Waals surface area contributed by atoms with E-state index in [2.05, 4.69) is 9.97 Å². The molecule has 1 aromatic carbocycles. The van der Waals surface area contributed by atoms with E-state index in [1.165, 1.54) is 19.5 Å². The zero-order chi connectivity index (χ0) is 18.5. The summed E-state index contributed by atoms with van der Waals surface area (Å²) in [6.45, 7) is 0.982. The van der Waals surface area contributed by atoms with Crippen molar-refractivity contribution < 1.29 is 19.1 Å². The summed E-state index contributed by atoms with van der Waals surface area (Å²) in [6, 6.07) is 6.85. The molecule has 0 saturated carbocycles. The van der Waals surface area contributed by atoms with Crippen LogP contribution in [0.25, 0.3) is 0 Å². The number of rotatable bonds is 4. The molecule has 0 bridgehead atoms. The topological polar surface area (TPSA) is 81.6 Å². The van der Waals surface area contributed by atoms with Crippen molar-refractivity contribution in [1.82, 2.24) is 14.9 Å². The van der Waals surface area contributed by atoms with Crippen LogP contribution in [0.15, 0.2) is 36.7 Å². The summed E-state index contributed by atoms with van der Waals surface area (Å²) in [7, 11) is 1.29. The van der Waals surface area contributed by atoms with E-state index in [1.54, 1.807) is 29.2 Å². The first-order valence-electron chi connectivity index (χ1n) is 8.19. The first-order chi connectivity index (χ1) is 12.6. The molecule has 1 unspecified atom stereocenters. The van der Waals surface area contributed by atoms with Crippen molar-refractivity contribution in [3.63, 3.8) is 0 Å². The number of carbonyl (C=O) groups is 2. The number of hydrogen-bond donors (Lipinski definition) is 0. The molecule has 1 aliphatic rings. The van der Waals surface area contributed by atoms with Gasteiger partial charge in [-0.2, -0.15) is 0 Å². The highest BCUT2D eigenvalue weighted by Crippen LogP contribution is 2.20. The molecule has 1 fully saturated rings. The summed E-state index contributed by atoms with van der Waals surface area (Å²) in [6.07, 6.45) is 4.27. The minimum atomic E-state index is -0.534. The normalized spacial score (nSPS) is 16.8. The van der Waals surface area contributed by atoms with Gasteiger partial charge in [0.2, 0.25) is 0 Å². The van der Waals surface area contributed by atoms with Gasteiger partial charge in [0.05, 0.1) is 42.2 Å². The maximum atomic E-state index is 12.9. The standard InChI is InChI=1S/C18H18ClN3O4/c1-25-17(24)15-7-3-2-6-14(15)16(23)22-8-4-5-13(11-22)26-18-20-9-12(19)10-21-18/h2-3,6-7,9-10,13H,4-5,8,11H2,1H3. The number of hydrogen-bond acceptors (Lipinski definition) is 6. The van der Waals surface area contributed by atoms with Crippen LogP contribution in [0, 0.1) is 0 Å². The van der Waals surface area contributed by atoms with Crippen LogP contribution < -0.4 is 4.74 Å². The van der Waals surface area contributed by atoms with Gasteiger partial charge >= 0.3 is 12.0 Å². The SMILES string of the molecule is COC(=O)c1ccccc1C(=O)N1CCCC(Oc2ncc(Cl)cn2)C1. The number of aromatic nitrogens is 2. The van der Waals surface area contributed by atoms with Gasteiger partial charge in [0.1, 0.15) is 6.10 Å². The number of halogens is 1. The second-order valence-electron chi connectivity index (χ2n) is 5.85. The van der Waals surface area contributed by atoms with Gasteiger partial charge in [-0.25, -0.2) is 14.8 Å². The molecule has 7 nitrogen and oxygen atoms in total. The molecule has 0 spiro atoms. The molecule has 1 aliphatic heterocycles. The lowest BCUT2D eigenvalue weighted by atomic mass is 10.0. The maximum absolute atomic E-state index is 12.9. The molecule has 136 valence electrons. The minimum Gasteiger partial charge on any atom is -0.465 e. The first-order valence-corrected chi connectivity index (χ1v) is 8.57. The third-order valence-electron chi connectivity index (χ3n) is 4.10. The lowest BCUT2D eigenvalue weighted by Gasteiger charge is -2.32. The van der Waals surface area contributed by atoms with Crippen LogP contribution in [-0.2, 0) is 4.74 Å². The summed E-state index contributed by atoms with van der Waals surface area (Å²) >= 11 is 5.77. The van der Waals surface area contributed by atoms with E-state index >= 15 is 0 Å². The summed E-state index contributed by atoms with van der Waals surface area (Å²) in [4.78, 5) is 34.5. The van der Waals surface area contributed by atoms with Crippen LogP contribution in [0.5, 0.6) is 6.01 Å². The van der Waals surface area contributed by atoms with Gasteiger partial charge in [0, 0.05) is 6.54 Å². The summed E-state index contributed by atoms with van der Waals surface area (Å²) in [5.74, 6) is -0.760. The van der Waals surface area contributed by atoms with Crippen molar-refractivity contribution in [2.45, 2.75) is 18.9 Å². The van der Waals surface area contributed by atoms with Gasteiger partial charge in [-0.1, -0.05) is 23.7 Å². The number of methoxy groups -OCH3 is 1. The Balaban J connectivity index is 1.72. The minimum absolute atomic E-state index is 0.223. The number of nitrogens with zero attached hydrogens (tertiary/aromatic N) is 3. The molecule has 0 N–H and O–H groups in total. The van der Waals surface area contributed by atoms with Crippen LogP contribution in [0.1, 0.15) is 33.6 Å². The van der Waals surface area contributed by atoms with Crippen molar-refractivity contribution >= 4 is 23.5 Å². The largest absolute Gasteiger partial charge is 0.465 e. The fourth-order valence-corrected chi connectivity index (χ4v) is 2.95. The summed E-state index contributed by atoms with van der Waals surface area (Å²) in [5.41, 5.74) is 0.576. The van der Waals surface area contributed by atoms with Crippen LogP contribution in [-0.4, -0.2) is 53.0 Å². The monoisotopic (exact) mass is 375 g/mol. The van der Waals surface area contributed by atoms with Crippen LogP contribution in [0.4, 0.5) is 0 Å². The highest BCUT2D eigenvalue weighted by Gasteiger charge is 2.28. The van der Waals surface area contributed by atoms with Crippen LogP contribution in [0.2, 0.25) is 5.02 Å². The number of piperidine rings is 1. The van der Waals surface area contributed by atoms with Gasteiger partial charge in [-0.3, -0.25) is 4.79 Å². The Bertz CT molecular complexity index is 797. The number of ether oxygens (including phenoxy) is 2. The van der Waals surface area contributed by atoms with E-state index in [-0.39, 0.29) is 23.6 Å². The molecule has 1 saturated heterocycles. The molecule has 0 aliphatic carbocycles.